The maximum atomic E-state index is 13.0. The third kappa shape index (κ3) is 4.39. The van der Waals surface area contributed by atoms with E-state index in [1.165, 1.54) is 19.1 Å². The second kappa shape index (κ2) is 6.60. The lowest BCUT2D eigenvalue weighted by atomic mass is 9.94. The molecular weight excluding hydrogens is 295 g/mol. The van der Waals surface area contributed by atoms with Crippen molar-refractivity contribution in [3.63, 3.8) is 0 Å². The molecular formula is C18H19FN2O2. The van der Waals surface area contributed by atoms with Gasteiger partial charge in [-0.3, -0.25) is 4.79 Å². The average Bonchev–Trinajstić information content (AvgIpc) is 2.47. The molecule has 4 nitrogen and oxygen atoms in total. The van der Waals surface area contributed by atoms with E-state index in [4.69, 9.17) is 0 Å². The van der Waals surface area contributed by atoms with Crippen molar-refractivity contribution >= 4 is 17.5 Å². The van der Waals surface area contributed by atoms with Gasteiger partial charge in [0.15, 0.2) is 5.78 Å². The van der Waals surface area contributed by atoms with Gasteiger partial charge in [0.05, 0.1) is 5.54 Å². The van der Waals surface area contributed by atoms with Crippen molar-refractivity contribution in [1.29, 1.82) is 0 Å². The summed E-state index contributed by atoms with van der Waals surface area (Å²) >= 11 is 0. The summed E-state index contributed by atoms with van der Waals surface area (Å²) < 4.78 is 13.0. The van der Waals surface area contributed by atoms with Gasteiger partial charge in [-0.2, -0.15) is 0 Å². The Bertz CT molecular complexity index is 707. The van der Waals surface area contributed by atoms with Gasteiger partial charge in [-0.25, -0.2) is 9.18 Å². The van der Waals surface area contributed by atoms with Crippen LogP contribution in [0.5, 0.6) is 0 Å². The van der Waals surface area contributed by atoms with Crippen LogP contribution in [0.4, 0.5) is 14.9 Å². The average molecular weight is 314 g/mol. The lowest BCUT2D eigenvalue weighted by molar-refractivity contribution is 0.101. The molecule has 0 aliphatic rings. The second-order valence-corrected chi connectivity index (χ2v) is 5.84. The lowest BCUT2D eigenvalue weighted by Gasteiger charge is -2.27. The normalized spacial score (nSPS) is 11.0. The zero-order valence-corrected chi connectivity index (χ0v) is 13.3. The van der Waals surface area contributed by atoms with Crippen LogP contribution < -0.4 is 10.6 Å². The van der Waals surface area contributed by atoms with Gasteiger partial charge in [-0.05, 0) is 62.7 Å². The fourth-order valence-corrected chi connectivity index (χ4v) is 2.17. The van der Waals surface area contributed by atoms with Gasteiger partial charge in [0.1, 0.15) is 5.82 Å². The quantitative estimate of drug-likeness (QED) is 0.835. The summed E-state index contributed by atoms with van der Waals surface area (Å²) in [5.41, 5.74) is 1.31. The van der Waals surface area contributed by atoms with E-state index in [9.17, 15) is 14.0 Å². The second-order valence-electron chi connectivity index (χ2n) is 5.84. The number of amides is 2. The first-order chi connectivity index (χ1) is 10.8. The van der Waals surface area contributed by atoms with Gasteiger partial charge < -0.3 is 10.6 Å². The SMILES string of the molecule is CC(=O)c1ccc(NC(=O)NC(C)(C)c2ccc(F)cc2)cc1. The molecule has 0 heterocycles. The molecule has 0 fully saturated rings. The number of urea groups is 1. The van der Waals surface area contributed by atoms with E-state index in [0.717, 1.165) is 5.56 Å². The van der Waals surface area contributed by atoms with Crippen LogP contribution in [-0.2, 0) is 5.54 Å². The molecule has 0 radical (unpaired) electrons. The fraction of sp³-hybridized carbons (Fsp3) is 0.222. The Morgan fingerprint density at radius 3 is 2.04 bits per heavy atom. The molecule has 0 unspecified atom stereocenters. The van der Waals surface area contributed by atoms with Crippen LogP contribution in [0, 0.1) is 5.82 Å². The zero-order chi connectivity index (χ0) is 17.0. The molecule has 0 atom stereocenters. The van der Waals surface area contributed by atoms with E-state index < -0.39 is 5.54 Å². The molecule has 2 rings (SSSR count). The van der Waals surface area contributed by atoms with Crippen molar-refractivity contribution in [1.82, 2.24) is 5.32 Å². The van der Waals surface area contributed by atoms with E-state index in [0.29, 0.717) is 11.3 Å². The molecule has 2 amide bonds. The van der Waals surface area contributed by atoms with E-state index in [1.807, 2.05) is 13.8 Å². The van der Waals surface area contributed by atoms with Gasteiger partial charge in [0.2, 0.25) is 0 Å². The summed E-state index contributed by atoms with van der Waals surface area (Å²) in [7, 11) is 0. The van der Waals surface area contributed by atoms with Crippen molar-refractivity contribution in [2.24, 2.45) is 0 Å². The minimum absolute atomic E-state index is 0.0292. The third-order valence-electron chi connectivity index (χ3n) is 3.54. The summed E-state index contributed by atoms with van der Waals surface area (Å²) in [6.45, 7) is 5.15. The molecule has 2 N–H and O–H groups in total. The Labute approximate surface area is 134 Å². The van der Waals surface area contributed by atoms with Gasteiger partial charge in [0.25, 0.3) is 0 Å². The van der Waals surface area contributed by atoms with E-state index >= 15 is 0 Å². The van der Waals surface area contributed by atoms with Crippen molar-refractivity contribution in [2.45, 2.75) is 26.3 Å². The first kappa shape index (κ1) is 16.7. The first-order valence-electron chi connectivity index (χ1n) is 7.24. The van der Waals surface area contributed by atoms with Crippen LogP contribution in [0.2, 0.25) is 0 Å². The highest BCUT2D eigenvalue weighted by atomic mass is 19.1. The van der Waals surface area contributed by atoms with E-state index in [-0.39, 0.29) is 17.6 Å². The molecule has 120 valence electrons. The number of benzene rings is 2. The van der Waals surface area contributed by atoms with Crippen LogP contribution in [0.1, 0.15) is 36.7 Å². The minimum Gasteiger partial charge on any atom is -0.329 e. The molecule has 2 aromatic rings. The number of anilines is 1. The highest BCUT2D eigenvalue weighted by Crippen LogP contribution is 2.20. The minimum atomic E-state index is -0.656. The number of hydrogen-bond acceptors (Lipinski definition) is 2. The summed E-state index contributed by atoms with van der Waals surface area (Å²) in [6, 6.07) is 12.3. The zero-order valence-electron chi connectivity index (χ0n) is 13.3. The summed E-state index contributed by atoms with van der Waals surface area (Å²) in [4.78, 5) is 23.3. The molecule has 0 saturated heterocycles. The molecule has 2 aromatic carbocycles. The number of hydrogen-bond donors (Lipinski definition) is 2. The van der Waals surface area contributed by atoms with E-state index in [2.05, 4.69) is 10.6 Å². The standard InChI is InChI=1S/C18H19FN2O2/c1-12(22)13-4-10-16(11-5-13)20-17(23)21-18(2,3)14-6-8-15(19)9-7-14/h4-11H,1-3H3,(H2,20,21,23). The maximum absolute atomic E-state index is 13.0. The molecule has 5 heteroatoms. The van der Waals surface area contributed by atoms with Crippen LogP contribution in [0.3, 0.4) is 0 Å². The van der Waals surface area contributed by atoms with Crippen molar-refractivity contribution in [3.8, 4) is 0 Å². The van der Waals surface area contributed by atoms with Crippen molar-refractivity contribution < 1.29 is 14.0 Å². The number of carbonyl (C=O) groups is 2. The number of nitrogens with one attached hydrogen (secondary N) is 2. The summed E-state index contributed by atoms with van der Waals surface area (Å²) in [5, 5.41) is 5.55. The third-order valence-corrected chi connectivity index (χ3v) is 3.54. The van der Waals surface area contributed by atoms with Gasteiger partial charge in [-0.15, -0.1) is 0 Å². The van der Waals surface area contributed by atoms with E-state index in [1.54, 1.807) is 36.4 Å². The Morgan fingerprint density at radius 2 is 1.52 bits per heavy atom. The molecule has 0 aliphatic carbocycles. The lowest BCUT2D eigenvalue weighted by Crippen LogP contribution is -2.43. The molecule has 0 saturated carbocycles. The summed E-state index contributed by atoms with van der Waals surface area (Å²) in [6.07, 6.45) is 0. The van der Waals surface area contributed by atoms with Crippen molar-refractivity contribution in [3.05, 3.63) is 65.5 Å². The smallest absolute Gasteiger partial charge is 0.319 e. The van der Waals surface area contributed by atoms with Crippen molar-refractivity contribution in [2.75, 3.05) is 5.32 Å². The predicted molar refractivity (Wildman–Crippen MR) is 88.0 cm³/mol. The monoisotopic (exact) mass is 314 g/mol. The van der Waals surface area contributed by atoms with Gasteiger partial charge in [0, 0.05) is 11.3 Å². The van der Waals surface area contributed by atoms with Crippen LogP contribution in [-0.4, -0.2) is 11.8 Å². The van der Waals surface area contributed by atoms with Gasteiger partial charge >= 0.3 is 6.03 Å². The first-order valence-corrected chi connectivity index (χ1v) is 7.24. The Balaban J connectivity index is 2.03. The Hall–Kier alpha value is -2.69. The van der Waals surface area contributed by atoms with Crippen LogP contribution >= 0.6 is 0 Å². The largest absolute Gasteiger partial charge is 0.329 e. The molecule has 0 aliphatic heterocycles. The number of ketones is 1. The topological polar surface area (TPSA) is 58.2 Å². The Morgan fingerprint density at radius 1 is 0.957 bits per heavy atom. The fourth-order valence-electron chi connectivity index (χ4n) is 2.17. The maximum Gasteiger partial charge on any atom is 0.319 e. The molecule has 0 aromatic heterocycles. The highest BCUT2D eigenvalue weighted by Gasteiger charge is 2.22. The molecule has 0 spiro atoms. The van der Waals surface area contributed by atoms with Gasteiger partial charge in [-0.1, -0.05) is 12.1 Å². The molecule has 0 bridgehead atoms. The number of halogens is 1. The number of Topliss-reactive ketones (excluding diaryl/α,β-unsaturated/α-hetero) is 1. The highest BCUT2D eigenvalue weighted by molar-refractivity contribution is 5.95. The van der Waals surface area contributed by atoms with Crippen LogP contribution in [0.15, 0.2) is 48.5 Å². The summed E-state index contributed by atoms with van der Waals surface area (Å²) in [5.74, 6) is -0.349. The predicted octanol–water partition coefficient (Wildman–Crippen LogP) is 4.09. The Kier molecular flexibility index (Phi) is 4.79. The molecule has 23 heavy (non-hydrogen) atoms. The van der Waals surface area contributed by atoms with Crippen LogP contribution in [0.25, 0.3) is 0 Å². The number of carbonyl (C=O) groups excluding carboxylic acids is 2. The number of rotatable bonds is 4.